The van der Waals surface area contributed by atoms with Crippen molar-refractivity contribution in [3.8, 4) is 0 Å². The summed E-state index contributed by atoms with van der Waals surface area (Å²) in [4.78, 5) is 2.52. The van der Waals surface area contributed by atoms with Crippen molar-refractivity contribution >= 4 is 9.84 Å². The van der Waals surface area contributed by atoms with E-state index in [9.17, 15) is 8.42 Å². The maximum Gasteiger partial charge on any atom is 0.152 e. The third-order valence-corrected chi connectivity index (χ3v) is 10.4. The van der Waals surface area contributed by atoms with Gasteiger partial charge in [-0.05, 0) is 58.7 Å². The molecule has 3 N–H and O–H groups in total. The second kappa shape index (κ2) is 9.32. The lowest BCUT2D eigenvalue weighted by molar-refractivity contribution is 0.0500. The zero-order chi connectivity index (χ0) is 20.3. The molecule has 0 bridgehead atoms. The first-order valence-corrected chi connectivity index (χ1v) is 13.6. The number of nitrogens with one attached hydrogen (secondary N) is 1. The molecular formula is C22H43N3O2S. The van der Waals surface area contributed by atoms with Crippen LogP contribution < -0.4 is 11.1 Å². The highest BCUT2D eigenvalue weighted by Gasteiger charge is 2.47. The van der Waals surface area contributed by atoms with E-state index in [4.69, 9.17) is 5.73 Å². The molecule has 164 valence electrons. The van der Waals surface area contributed by atoms with Crippen LogP contribution in [-0.2, 0) is 9.84 Å². The second-order valence-corrected chi connectivity index (χ2v) is 12.6. The van der Waals surface area contributed by atoms with Crippen LogP contribution in [0.25, 0.3) is 0 Å². The van der Waals surface area contributed by atoms with E-state index in [1.54, 1.807) is 0 Å². The van der Waals surface area contributed by atoms with Crippen molar-refractivity contribution in [1.82, 2.24) is 10.2 Å². The lowest BCUT2D eigenvalue weighted by atomic mass is 9.73. The van der Waals surface area contributed by atoms with Crippen LogP contribution in [0, 0.1) is 0 Å². The molecule has 3 aliphatic rings. The number of hydrogen-bond acceptors (Lipinski definition) is 5. The predicted octanol–water partition coefficient (Wildman–Crippen LogP) is 3.23. The largest absolute Gasteiger partial charge is 0.325 e. The van der Waals surface area contributed by atoms with Gasteiger partial charge in [-0.15, -0.1) is 0 Å². The molecule has 2 atom stereocenters. The number of nitrogens with zero attached hydrogens (tertiary/aromatic N) is 1. The fourth-order valence-electron chi connectivity index (χ4n) is 5.82. The minimum atomic E-state index is -3.01. The van der Waals surface area contributed by atoms with E-state index < -0.39 is 14.6 Å². The Morgan fingerprint density at radius 3 is 1.89 bits per heavy atom. The van der Waals surface area contributed by atoms with Crippen molar-refractivity contribution in [3.63, 3.8) is 0 Å². The van der Waals surface area contributed by atoms with Gasteiger partial charge >= 0.3 is 0 Å². The third kappa shape index (κ3) is 4.93. The van der Waals surface area contributed by atoms with E-state index >= 15 is 0 Å². The molecule has 1 aliphatic carbocycles. The molecule has 0 aromatic carbocycles. The molecule has 2 aliphatic heterocycles. The van der Waals surface area contributed by atoms with Gasteiger partial charge in [-0.25, -0.2) is 8.42 Å². The number of piperidine rings is 2. The molecule has 3 fully saturated rings. The lowest BCUT2D eigenvalue weighted by Gasteiger charge is -2.52. The van der Waals surface area contributed by atoms with Crippen LogP contribution in [0.4, 0.5) is 0 Å². The standard InChI is InChI=1S/C22H43N3O2S/c1-21(28(2,26)27)14-17-25(18-15-21)19-11-16-24-22(20(19)23)12-9-7-5-3-4-6-8-10-13-22/h19-20,24H,3-18,23H2,1-2H3. The molecule has 0 aromatic rings. The normalized spacial score (nSPS) is 33.2. The molecule has 1 spiro atoms. The van der Waals surface area contributed by atoms with Crippen LogP contribution in [0.1, 0.15) is 90.4 Å². The first kappa shape index (κ1) is 22.5. The van der Waals surface area contributed by atoms with Gasteiger partial charge in [-0.2, -0.15) is 0 Å². The summed E-state index contributed by atoms with van der Waals surface area (Å²) in [5, 5.41) is 3.88. The number of hydrogen-bond donors (Lipinski definition) is 2. The van der Waals surface area contributed by atoms with Crippen molar-refractivity contribution in [3.05, 3.63) is 0 Å². The Labute approximate surface area is 173 Å². The van der Waals surface area contributed by atoms with Gasteiger partial charge in [-0.1, -0.05) is 51.4 Å². The van der Waals surface area contributed by atoms with Crippen LogP contribution in [0.2, 0.25) is 0 Å². The summed E-state index contributed by atoms with van der Waals surface area (Å²) in [5.74, 6) is 0. The Balaban J connectivity index is 1.68. The molecule has 0 radical (unpaired) electrons. The summed E-state index contributed by atoms with van der Waals surface area (Å²) in [6.07, 6.45) is 17.1. The van der Waals surface area contributed by atoms with Crippen LogP contribution >= 0.6 is 0 Å². The van der Waals surface area contributed by atoms with Gasteiger partial charge in [0.05, 0.1) is 4.75 Å². The smallest absolute Gasteiger partial charge is 0.152 e. The van der Waals surface area contributed by atoms with Crippen LogP contribution in [0.15, 0.2) is 0 Å². The van der Waals surface area contributed by atoms with Gasteiger partial charge in [0.25, 0.3) is 0 Å². The number of sulfone groups is 1. The fourth-order valence-corrected chi connectivity index (χ4v) is 6.74. The minimum Gasteiger partial charge on any atom is -0.325 e. The summed E-state index contributed by atoms with van der Waals surface area (Å²) in [5.41, 5.74) is 7.07. The highest BCUT2D eigenvalue weighted by molar-refractivity contribution is 7.92. The topological polar surface area (TPSA) is 75.4 Å². The Morgan fingerprint density at radius 2 is 1.39 bits per heavy atom. The Kier molecular flexibility index (Phi) is 7.49. The minimum absolute atomic E-state index is 0.0742. The molecule has 2 heterocycles. The van der Waals surface area contributed by atoms with E-state index in [2.05, 4.69) is 10.2 Å². The molecule has 0 amide bonds. The molecular weight excluding hydrogens is 370 g/mol. The van der Waals surface area contributed by atoms with Gasteiger partial charge in [0.15, 0.2) is 9.84 Å². The molecule has 0 aromatic heterocycles. The van der Waals surface area contributed by atoms with Gasteiger partial charge in [0, 0.05) is 23.9 Å². The fraction of sp³-hybridized carbons (Fsp3) is 1.00. The average Bonchev–Trinajstić information content (AvgIpc) is 2.70. The maximum atomic E-state index is 12.2. The van der Waals surface area contributed by atoms with Gasteiger partial charge in [-0.3, -0.25) is 4.90 Å². The quantitative estimate of drug-likeness (QED) is 0.727. The van der Waals surface area contributed by atoms with Crippen LogP contribution in [-0.4, -0.2) is 61.6 Å². The van der Waals surface area contributed by atoms with Gasteiger partial charge in [0.2, 0.25) is 0 Å². The molecule has 3 rings (SSSR count). The Bertz CT molecular complexity index is 587. The van der Waals surface area contributed by atoms with Crippen molar-refractivity contribution in [2.75, 3.05) is 25.9 Å². The highest BCUT2D eigenvalue weighted by Crippen LogP contribution is 2.36. The average molecular weight is 414 g/mol. The zero-order valence-electron chi connectivity index (χ0n) is 18.2. The Hall–Kier alpha value is -0.170. The van der Waals surface area contributed by atoms with Crippen LogP contribution in [0.3, 0.4) is 0 Å². The summed E-state index contributed by atoms with van der Waals surface area (Å²) in [6.45, 7) is 4.68. The summed E-state index contributed by atoms with van der Waals surface area (Å²) in [7, 11) is -3.01. The van der Waals surface area contributed by atoms with Crippen molar-refractivity contribution < 1.29 is 8.42 Å². The summed E-state index contributed by atoms with van der Waals surface area (Å²) >= 11 is 0. The predicted molar refractivity (Wildman–Crippen MR) is 117 cm³/mol. The molecule has 2 unspecified atom stereocenters. The number of rotatable bonds is 2. The van der Waals surface area contributed by atoms with Gasteiger partial charge < -0.3 is 11.1 Å². The van der Waals surface area contributed by atoms with Crippen molar-refractivity contribution in [2.24, 2.45) is 5.73 Å². The summed E-state index contributed by atoms with van der Waals surface area (Å²) in [6, 6.07) is 0.528. The third-order valence-electron chi connectivity index (χ3n) is 8.19. The van der Waals surface area contributed by atoms with E-state index in [-0.39, 0.29) is 11.6 Å². The van der Waals surface area contributed by atoms with E-state index in [0.29, 0.717) is 6.04 Å². The molecule has 5 nitrogen and oxygen atoms in total. The monoisotopic (exact) mass is 413 g/mol. The van der Waals surface area contributed by atoms with Crippen molar-refractivity contribution in [2.45, 2.75) is 113 Å². The van der Waals surface area contributed by atoms with E-state index in [1.165, 1.54) is 70.5 Å². The summed E-state index contributed by atoms with van der Waals surface area (Å²) < 4.78 is 23.8. The SMILES string of the molecule is CC1(S(C)(=O)=O)CCN(C2CCNC3(CCCCCCCCCC3)C2N)CC1. The lowest BCUT2D eigenvalue weighted by Crippen LogP contribution is -2.70. The molecule has 6 heteroatoms. The molecule has 1 saturated carbocycles. The molecule has 28 heavy (non-hydrogen) atoms. The number of likely N-dealkylation sites (tertiary alicyclic amines) is 1. The maximum absolute atomic E-state index is 12.2. The van der Waals surface area contributed by atoms with E-state index in [0.717, 1.165) is 38.9 Å². The van der Waals surface area contributed by atoms with Crippen LogP contribution in [0.5, 0.6) is 0 Å². The molecule has 2 saturated heterocycles. The number of nitrogens with two attached hydrogens (primary N) is 1. The highest BCUT2D eigenvalue weighted by atomic mass is 32.2. The Morgan fingerprint density at radius 1 is 0.893 bits per heavy atom. The van der Waals surface area contributed by atoms with Crippen molar-refractivity contribution in [1.29, 1.82) is 0 Å². The zero-order valence-corrected chi connectivity index (χ0v) is 19.0. The second-order valence-electron chi connectivity index (χ2n) is 10.1. The van der Waals surface area contributed by atoms with Gasteiger partial charge in [0.1, 0.15) is 0 Å². The first-order valence-electron chi connectivity index (χ1n) is 11.7. The van der Waals surface area contributed by atoms with E-state index in [1.807, 2.05) is 6.92 Å². The first-order chi connectivity index (χ1) is 13.3.